The van der Waals surface area contributed by atoms with Crippen LogP contribution in [0.4, 0.5) is 5.69 Å². The number of benzene rings is 2. The number of amides is 2. The number of aliphatic hydroxyl groups excluding tert-OH is 1. The van der Waals surface area contributed by atoms with E-state index in [1.165, 1.54) is 11.3 Å². The Morgan fingerprint density at radius 2 is 2.03 bits per heavy atom. The summed E-state index contributed by atoms with van der Waals surface area (Å²) in [6, 6.07) is 15.0. The van der Waals surface area contributed by atoms with Gasteiger partial charge in [-0.25, -0.2) is 0 Å². The second-order valence-corrected chi connectivity index (χ2v) is 9.29. The molecule has 35 heavy (non-hydrogen) atoms. The number of β-amino-alcohol motifs (C(OH)–C–C–N with tert-alkyl or cyclic N) is 1. The van der Waals surface area contributed by atoms with Crippen LogP contribution < -0.4 is 5.32 Å². The second kappa shape index (κ2) is 10.4. The van der Waals surface area contributed by atoms with Gasteiger partial charge in [-0.15, -0.1) is 23.7 Å². The van der Waals surface area contributed by atoms with Crippen molar-refractivity contribution in [1.82, 2.24) is 15.1 Å². The topological polar surface area (TPSA) is 98.3 Å². The van der Waals surface area contributed by atoms with Gasteiger partial charge in [-0.05, 0) is 60.2 Å². The molecule has 1 saturated heterocycles. The first-order chi connectivity index (χ1) is 16.5. The molecule has 0 bridgehead atoms. The monoisotopic (exact) mass is 508 g/mol. The number of aromatic nitrogens is 2. The molecule has 0 aliphatic carbocycles. The minimum Gasteiger partial charge on any atom is -0.391 e. The van der Waals surface area contributed by atoms with Crippen LogP contribution >= 0.6 is 23.7 Å². The molecule has 180 valence electrons. The lowest BCUT2D eigenvalue weighted by atomic mass is 10.1. The molecule has 1 aliphatic heterocycles. The van der Waals surface area contributed by atoms with Crippen molar-refractivity contribution in [3.05, 3.63) is 81.2 Å². The van der Waals surface area contributed by atoms with Crippen molar-refractivity contribution >= 4 is 64.3 Å². The van der Waals surface area contributed by atoms with Crippen molar-refractivity contribution in [1.29, 1.82) is 0 Å². The van der Waals surface area contributed by atoms with E-state index in [0.717, 1.165) is 27.7 Å². The third-order valence-corrected chi connectivity index (χ3v) is 7.00. The number of hydrogen-bond acceptors (Lipinski definition) is 5. The van der Waals surface area contributed by atoms with Crippen LogP contribution in [0.3, 0.4) is 0 Å². The van der Waals surface area contributed by atoms with Gasteiger partial charge in [0, 0.05) is 29.7 Å². The Balaban J connectivity index is 0.00000289. The number of para-hydroxylation sites is 1. The molecule has 1 aliphatic rings. The molecule has 3 heterocycles. The van der Waals surface area contributed by atoms with E-state index >= 15 is 0 Å². The van der Waals surface area contributed by atoms with Crippen molar-refractivity contribution in [2.24, 2.45) is 0 Å². The van der Waals surface area contributed by atoms with Crippen molar-refractivity contribution < 1.29 is 14.7 Å². The van der Waals surface area contributed by atoms with Gasteiger partial charge in [0.2, 0.25) is 0 Å². The summed E-state index contributed by atoms with van der Waals surface area (Å²) in [6.45, 7) is 2.74. The highest BCUT2D eigenvalue weighted by molar-refractivity contribution is 7.12. The molecule has 4 aromatic rings. The van der Waals surface area contributed by atoms with Crippen molar-refractivity contribution in [2.45, 2.75) is 19.4 Å². The third-order valence-electron chi connectivity index (χ3n) is 5.99. The number of fused-ring (bicyclic) bond motifs is 1. The summed E-state index contributed by atoms with van der Waals surface area (Å²) in [7, 11) is 0. The van der Waals surface area contributed by atoms with E-state index < -0.39 is 6.10 Å². The molecule has 0 spiro atoms. The quantitative estimate of drug-likeness (QED) is 0.354. The SMILES string of the molecule is Cc1ccsc1C(=O)Nc1cc(C(=O)N2CCC(O)C2)ccc1C=Cc1n[nH]c2ccccc12.Cl. The maximum absolute atomic E-state index is 13.0. The standard InChI is InChI=1S/C26H24N4O3S.ClH/c1-16-11-13-34-24(16)25(32)27-23-14-18(26(33)30-12-10-19(31)15-30)7-6-17(23)8-9-22-20-4-2-3-5-21(20)28-29-22;/h2-9,11,13-14,19,31H,10,12,15H2,1H3,(H,27,32)(H,28,29);1H. The van der Waals surface area contributed by atoms with Crippen molar-refractivity contribution in [2.75, 3.05) is 18.4 Å². The van der Waals surface area contributed by atoms with E-state index in [2.05, 4.69) is 15.5 Å². The number of rotatable bonds is 5. The van der Waals surface area contributed by atoms with Crippen molar-refractivity contribution in [3.63, 3.8) is 0 Å². The summed E-state index contributed by atoms with van der Waals surface area (Å²) in [6.07, 6.45) is 3.85. The second-order valence-electron chi connectivity index (χ2n) is 8.37. The Bertz CT molecular complexity index is 1410. The number of H-pyrrole nitrogens is 1. The predicted molar refractivity (Wildman–Crippen MR) is 142 cm³/mol. The van der Waals surface area contributed by atoms with E-state index in [4.69, 9.17) is 0 Å². The van der Waals surface area contributed by atoms with Crippen LogP contribution in [0.5, 0.6) is 0 Å². The Labute approximate surface area is 212 Å². The Morgan fingerprint density at radius 1 is 1.20 bits per heavy atom. The lowest BCUT2D eigenvalue weighted by Crippen LogP contribution is -2.29. The largest absolute Gasteiger partial charge is 0.391 e. The van der Waals surface area contributed by atoms with Crippen LogP contribution in [0.15, 0.2) is 53.9 Å². The van der Waals surface area contributed by atoms with Crippen molar-refractivity contribution in [3.8, 4) is 0 Å². The van der Waals surface area contributed by atoms with Gasteiger partial charge in [0.05, 0.1) is 22.2 Å². The molecule has 2 aromatic heterocycles. The van der Waals surface area contributed by atoms with Gasteiger partial charge < -0.3 is 15.3 Å². The van der Waals surface area contributed by atoms with E-state index in [9.17, 15) is 14.7 Å². The number of halogens is 1. The molecule has 1 atom stereocenters. The minimum atomic E-state index is -0.490. The van der Waals surface area contributed by atoms with Gasteiger partial charge in [0.1, 0.15) is 0 Å². The Morgan fingerprint density at radius 3 is 2.77 bits per heavy atom. The van der Waals surface area contributed by atoms with Gasteiger partial charge in [-0.2, -0.15) is 5.10 Å². The highest BCUT2D eigenvalue weighted by Crippen LogP contribution is 2.26. The first kappa shape index (κ1) is 24.7. The van der Waals surface area contributed by atoms with E-state index in [0.29, 0.717) is 35.6 Å². The predicted octanol–water partition coefficient (Wildman–Crippen LogP) is 4.98. The van der Waals surface area contributed by atoms with Gasteiger partial charge in [0.25, 0.3) is 11.8 Å². The zero-order chi connectivity index (χ0) is 23.7. The maximum Gasteiger partial charge on any atom is 0.266 e. The number of carbonyl (C=O) groups is 2. The number of likely N-dealkylation sites (tertiary alicyclic amines) is 1. The highest BCUT2D eigenvalue weighted by Gasteiger charge is 2.26. The number of aliphatic hydroxyl groups is 1. The third kappa shape index (κ3) is 5.14. The maximum atomic E-state index is 13.0. The molecule has 1 unspecified atom stereocenters. The molecule has 3 N–H and O–H groups in total. The summed E-state index contributed by atoms with van der Waals surface area (Å²) < 4.78 is 0. The van der Waals surface area contributed by atoms with Crippen LogP contribution in [0.2, 0.25) is 0 Å². The smallest absolute Gasteiger partial charge is 0.266 e. The minimum absolute atomic E-state index is 0. The molecule has 0 radical (unpaired) electrons. The number of hydrogen-bond donors (Lipinski definition) is 3. The zero-order valence-electron chi connectivity index (χ0n) is 19.0. The number of nitrogens with zero attached hydrogens (tertiary/aromatic N) is 2. The fourth-order valence-electron chi connectivity index (χ4n) is 4.12. The van der Waals surface area contributed by atoms with Crippen LogP contribution in [0.25, 0.3) is 23.1 Å². The average molecular weight is 509 g/mol. The number of aryl methyl sites for hydroxylation is 1. The van der Waals surface area contributed by atoms with Gasteiger partial charge >= 0.3 is 0 Å². The fraction of sp³-hybridized carbons (Fsp3) is 0.192. The summed E-state index contributed by atoms with van der Waals surface area (Å²) >= 11 is 1.38. The molecule has 2 amide bonds. The summed E-state index contributed by atoms with van der Waals surface area (Å²) in [5, 5.41) is 23.1. The lowest BCUT2D eigenvalue weighted by Gasteiger charge is -2.17. The molecule has 9 heteroatoms. The van der Waals surface area contributed by atoms with Crippen LogP contribution in [-0.2, 0) is 0 Å². The molecular weight excluding hydrogens is 484 g/mol. The molecule has 2 aromatic carbocycles. The normalized spacial score (nSPS) is 15.5. The molecule has 5 rings (SSSR count). The first-order valence-electron chi connectivity index (χ1n) is 11.1. The average Bonchev–Trinajstić information content (AvgIpc) is 3.57. The fourth-order valence-corrected chi connectivity index (χ4v) is 4.94. The van der Waals surface area contributed by atoms with Crippen LogP contribution in [-0.4, -0.2) is 51.2 Å². The number of nitrogens with one attached hydrogen (secondary N) is 2. The number of thiophene rings is 1. The highest BCUT2D eigenvalue weighted by atomic mass is 35.5. The molecule has 1 fully saturated rings. The van der Waals surface area contributed by atoms with E-state index in [1.54, 1.807) is 17.0 Å². The van der Waals surface area contributed by atoms with E-state index in [-0.39, 0.29) is 24.2 Å². The number of aromatic amines is 1. The first-order valence-corrected chi connectivity index (χ1v) is 12.0. The Hall–Kier alpha value is -3.46. The Kier molecular flexibility index (Phi) is 7.35. The summed E-state index contributed by atoms with van der Waals surface area (Å²) in [4.78, 5) is 28.2. The van der Waals surface area contributed by atoms with Crippen LogP contribution in [0.1, 0.15) is 43.3 Å². The summed E-state index contributed by atoms with van der Waals surface area (Å²) in [5.41, 5.74) is 4.40. The summed E-state index contributed by atoms with van der Waals surface area (Å²) in [5.74, 6) is -0.373. The van der Waals surface area contributed by atoms with Gasteiger partial charge in [0.15, 0.2) is 0 Å². The van der Waals surface area contributed by atoms with Gasteiger partial charge in [-0.3, -0.25) is 14.7 Å². The lowest BCUT2D eigenvalue weighted by molar-refractivity contribution is 0.0764. The van der Waals surface area contributed by atoms with Gasteiger partial charge in [-0.1, -0.05) is 30.3 Å². The molecular formula is C26H25ClN4O3S. The zero-order valence-corrected chi connectivity index (χ0v) is 20.7. The van der Waals surface area contributed by atoms with Crippen LogP contribution in [0, 0.1) is 6.92 Å². The molecule has 7 nitrogen and oxygen atoms in total. The number of carbonyl (C=O) groups excluding carboxylic acids is 2. The molecule has 0 saturated carbocycles. The van der Waals surface area contributed by atoms with E-state index in [1.807, 2.05) is 60.9 Å². The number of anilines is 1.